The summed E-state index contributed by atoms with van der Waals surface area (Å²) < 4.78 is 24.4. The Kier molecular flexibility index (Phi) is 5.24. The topological polar surface area (TPSA) is 81.4 Å². The summed E-state index contributed by atoms with van der Waals surface area (Å²) >= 11 is 0. The molecule has 3 heterocycles. The van der Waals surface area contributed by atoms with Crippen LogP contribution in [0.2, 0.25) is 0 Å². The average Bonchev–Trinajstić information content (AvgIpc) is 3.36. The second kappa shape index (κ2) is 7.85. The number of hydrogen-bond donors (Lipinski definition) is 0. The first-order valence-corrected chi connectivity index (χ1v) is 9.86. The van der Waals surface area contributed by atoms with Gasteiger partial charge in [0.1, 0.15) is 23.2 Å². The van der Waals surface area contributed by atoms with Gasteiger partial charge < -0.3 is 9.26 Å². The number of pyridine rings is 1. The normalized spacial score (nSPS) is 16.7. The Bertz CT molecular complexity index is 1040. The summed E-state index contributed by atoms with van der Waals surface area (Å²) in [6, 6.07) is 9.60. The van der Waals surface area contributed by atoms with Crippen LogP contribution in [-0.4, -0.2) is 38.3 Å². The van der Waals surface area contributed by atoms with E-state index in [2.05, 4.69) is 15.1 Å². The van der Waals surface area contributed by atoms with Crippen molar-refractivity contribution in [3.63, 3.8) is 0 Å². The zero-order chi connectivity index (χ0) is 21.3. The van der Waals surface area contributed by atoms with E-state index in [-0.39, 0.29) is 18.0 Å². The van der Waals surface area contributed by atoms with Gasteiger partial charge in [-0.1, -0.05) is 23.4 Å². The summed E-state index contributed by atoms with van der Waals surface area (Å²) in [6.07, 6.45) is 2.82. The standard InChI is InChI=1S/C22H23FN4O3/c1-22(2,3)29-21(28)27-11-5-8-18(27)20-25-19(26-30-20)17-10-9-15(13-24-17)14-6-4-7-16(23)12-14/h4,6-7,9-10,12-13,18H,5,8,11H2,1-3H3/t18-/m1/s1. The maximum absolute atomic E-state index is 13.4. The second-order valence-electron chi connectivity index (χ2n) is 8.23. The number of aromatic nitrogens is 3. The summed E-state index contributed by atoms with van der Waals surface area (Å²) in [4.78, 5) is 23.0. The van der Waals surface area contributed by atoms with Crippen molar-refractivity contribution < 1.29 is 18.4 Å². The molecule has 8 heteroatoms. The number of carbonyl (C=O) groups is 1. The second-order valence-corrected chi connectivity index (χ2v) is 8.23. The van der Waals surface area contributed by atoms with Gasteiger partial charge in [0.15, 0.2) is 0 Å². The summed E-state index contributed by atoms with van der Waals surface area (Å²) in [5.74, 6) is 0.404. The minimum absolute atomic E-state index is 0.300. The van der Waals surface area contributed by atoms with Crippen molar-refractivity contribution >= 4 is 6.09 Å². The van der Waals surface area contributed by atoms with Gasteiger partial charge in [-0.3, -0.25) is 9.88 Å². The van der Waals surface area contributed by atoms with E-state index in [9.17, 15) is 9.18 Å². The van der Waals surface area contributed by atoms with Crippen LogP contribution in [0.4, 0.5) is 9.18 Å². The van der Waals surface area contributed by atoms with Crippen LogP contribution in [0, 0.1) is 5.82 Å². The molecule has 1 aliphatic rings. The van der Waals surface area contributed by atoms with Gasteiger partial charge in [-0.2, -0.15) is 4.98 Å². The molecule has 1 atom stereocenters. The van der Waals surface area contributed by atoms with E-state index in [4.69, 9.17) is 9.26 Å². The van der Waals surface area contributed by atoms with E-state index in [1.54, 1.807) is 23.2 Å². The van der Waals surface area contributed by atoms with Crippen molar-refractivity contribution in [2.75, 3.05) is 6.54 Å². The third kappa shape index (κ3) is 4.32. The van der Waals surface area contributed by atoms with Crippen molar-refractivity contribution in [1.82, 2.24) is 20.0 Å². The molecule has 30 heavy (non-hydrogen) atoms. The summed E-state index contributed by atoms with van der Waals surface area (Å²) in [5, 5.41) is 4.03. The van der Waals surface area contributed by atoms with Crippen molar-refractivity contribution in [1.29, 1.82) is 0 Å². The molecule has 1 amide bonds. The first-order valence-electron chi connectivity index (χ1n) is 9.86. The van der Waals surface area contributed by atoms with E-state index >= 15 is 0 Å². The van der Waals surface area contributed by atoms with Crippen LogP contribution in [0.15, 0.2) is 47.1 Å². The van der Waals surface area contributed by atoms with Crippen molar-refractivity contribution in [2.24, 2.45) is 0 Å². The zero-order valence-corrected chi connectivity index (χ0v) is 17.1. The smallest absolute Gasteiger partial charge is 0.410 e. The Morgan fingerprint density at radius 2 is 2.07 bits per heavy atom. The largest absolute Gasteiger partial charge is 0.444 e. The van der Waals surface area contributed by atoms with Gasteiger partial charge in [0.2, 0.25) is 11.7 Å². The number of hydrogen-bond acceptors (Lipinski definition) is 6. The third-order valence-electron chi connectivity index (χ3n) is 4.76. The number of rotatable bonds is 3. The highest BCUT2D eigenvalue weighted by molar-refractivity contribution is 5.69. The lowest BCUT2D eigenvalue weighted by Crippen LogP contribution is -2.36. The van der Waals surface area contributed by atoms with Crippen LogP contribution < -0.4 is 0 Å². The highest BCUT2D eigenvalue weighted by atomic mass is 19.1. The lowest BCUT2D eigenvalue weighted by molar-refractivity contribution is 0.0199. The molecule has 3 aromatic rings. The van der Waals surface area contributed by atoms with Gasteiger partial charge in [-0.15, -0.1) is 0 Å². The molecule has 0 saturated carbocycles. The molecule has 4 rings (SSSR count). The molecule has 0 spiro atoms. The van der Waals surface area contributed by atoms with Crippen LogP contribution in [0.1, 0.15) is 45.5 Å². The fourth-order valence-corrected chi connectivity index (χ4v) is 3.40. The quantitative estimate of drug-likeness (QED) is 0.604. The fraction of sp³-hybridized carbons (Fsp3) is 0.364. The van der Waals surface area contributed by atoms with Gasteiger partial charge in [0.25, 0.3) is 0 Å². The van der Waals surface area contributed by atoms with E-state index in [1.807, 2.05) is 32.9 Å². The molecule has 0 radical (unpaired) electrons. The molecule has 2 aromatic heterocycles. The predicted molar refractivity (Wildman–Crippen MR) is 108 cm³/mol. The molecule has 0 aliphatic carbocycles. The molecular weight excluding hydrogens is 387 g/mol. The number of nitrogens with zero attached hydrogens (tertiary/aromatic N) is 4. The summed E-state index contributed by atoms with van der Waals surface area (Å²) in [7, 11) is 0. The van der Waals surface area contributed by atoms with Crippen LogP contribution in [-0.2, 0) is 4.74 Å². The van der Waals surface area contributed by atoms with Crippen LogP contribution >= 0.6 is 0 Å². The molecule has 156 valence electrons. The molecule has 0 N–H and O–H groups in total. The van der Waals surface area contributed by atoms with Crippen LogP contribution in [0.25, 0.3) is 22.6 Å². The molecule has 0 unspecified atom stereocenters. The van der Waals surface area contributed by atoms with Gasteiger partial charge in [0.05, 0.1) is 0 Å². The van der Waals surface area contributed by atoms with Crippen LogP contribution in [0.5, 0.6) is 0 Å². The molecule has 1 saturated heterocycles. The number of carbonyl (C=O) groups excluding carboxylic acids is 1. The predicted octanol–water partition coefficient (Wildman–Crippen LogP) is 5.01. The fourth-order valence-electron chi connectivity index (χ4n) is 3.40. The summed E-state index contributed by atoms with van der Waals surface area (Å²) in [6.45, 7) is 6.08. The maximum atomic E-state index is 13.4. The number of ether oxygens (including phenoxy) is 1. The molecule has 1 aromatic carbocycles. The first-order chi connectivity index (χ1) is 14.3. The van der Waals surface area contributed by atoms with Gasteiger partial charge in [0, 0.05) is 18.3 Å². The van der Waals surface area contributed by atoms with Gasteiger partial charge in [-0.05, 0) is 57.4 Å². The first kappa shape index (κ1) is 20.0. The van der Waals surface area contributed by atoms with Gasteiger partial charge in [-0.25, -0.2) is 9.18 Å². The lowest BCUT2D eigenvalue weighted by atomic mass is 10.1. The monoisotopic (exact) mass is 410 g/mol. The SMILES string of the molecule is CC(C)(C)OC(=O)N1CCC[C@@H]1c1nc(-c2ccc(-c3cccc(F)c3)cn2)no1. The molecule has 0 bridgehead atoms. The molecule has 7 nitrogen and oxygen atoms in total. The lowest BCUT2D eigenvalue weighted by Gasteiger charge is -2.26. The Balaban J connectivity index is 1.52. The number of benzene rings is 1. The van der Waals surface area contributed by atoms with E-state index < -0.39 is 5.60 Å². The third-order valence-corrected chi connectivity index (χ3v) is 4.76. The Morgan fingerprint density at radius 3 is 2.77 bits per heavy atom. The zero-order valence-electron chi connectivity index (χ0n) is 17.1. The summed E-state index contributed by atoms with van der Waals surface area (Å²) in [5.41, 5.74) is 1.49. The average molecular weight is 410 g/mol. The number of likely N-dealkylation sites (tertiary alicyclic amines) is 1. The van der Waals surface area contributed by atoms with Gasteiger partial charge >= 0.3 is 6.09 Å². The highest BCUT2D eigenvalue weighted by Gasteiger charge is 2.36. The van der Waals surface area contributed by atoms with E-state index in [1.165, 1.54) is 12.1 Å². The molecule has 1 fully saturated rings. The Hall–Kier alpha value is -3.29. The number of halogens is 1. The van der Waals surface area contributed by atoms with Crippen LogP contribution in [0.3, 0.4) is 0 Å². The van der Waals surface area contributed by atoms with E-state index in [0.29, 0.717) is 24.0 Å². The highest BCUT2D eigenvalue weighted by Crippen LogP contribution is 2.33. The molecule has 1 aliphatic heterocycles. The Morgan fingerprint density at radius 1 is 1.23 bits per heavy atom. The van der Waals surface area contributed by atoms with Crippen molar-refractivity contribution in [3.8, 4) is 22.6 Å². The maximum Gasteiger partial charge on any atom is 0.410 e. The van der Waals surface area contributed by atoms with Crippen molar-refractivity contribution in [3.05, 3.63) is 54.3 Å². The minimum atomic E-state index is -0.572. The molecular formula is C22H23FN4O3. The number of amides is 1. The Labute approximate surface area is 173 Å². The van der Waals surface area contributed by atoms with Crippen molar-refractivity contribution in [2.45, 2.75) is 45.3 Å². The van der Waals surface area contributed by atoms with E-state index in [0.717, 1.165) is 24.0 Å². The minimum Gasteiger partial charge on any atom is -0.444 e.